The lowest BCUT2D eigenvalue weighted by molar-refractivity contribution is 0.627. The molecule has 0 radical (unpaired) electrons. The van der Waals surface area contributed by atoms with Crippen LogP contribution in [0.3, 0.4) is 0 Å². The number of halogens is 1. The first-order chi connectivity index (χ1) is 12.1. The van der Waals surface area contributed by atoms with Gasteiger partial charge in [0.1, 0.15) is 5.82 Å². The molecule has 0 bridgehead atoms. The minimum atomic E-state index is -0.226. The van der Waals surface area contributed by atoms with E-state index in [1.165, 1.54) is 23.1 Å². The number of hydrogen-bond acceptors (Lipinski definition) is 4. The van der Waals surface area contributed by atoms with E-state index in [4.69, 9.17) is 5.73 Å². The third-order valence-electron chi connectivity index (χ3n) is 3.95. The molecule has 3 aromatic rings. The second-order valence-electron chi connectivity index (χ2n) is 5.54. The maximum atomic E-state index is 14.6. The number of aromatic nitrogens is 1. The summed E-state index contributed by atoms with van der Waals surface area (Å²) >= 11 is 2.81. The van der Waals surface area contributed by atoms with Gasteiger partial charge >= 0.3 is 0 Å². The lowest BCUT2D eigenvalue weighted by Crippen LogP contribution is -2.04. The average molecular weight is 372 g/mol. The van der Waals surface area contributed by atoms with Crippen molar-refractivity contribution in [3.05, 3.63) is 71.0 Å². The number of hydrogen-bond donors (Lipinski definition) is 1. The summed E-state index contributed by atoms with van der Waals surface area (Å²) in [6, 6.07) is 14.9. The molecule has 0 amide bonds. The first-order valence-electron chi connectivity index (χ1n) is 7.77. The van der Waals surface area contributed by atoms with Crippen molar-refractivity contribution in [2.45, 2.75) is 12.8 Å². The molecule has 6 heteroatoms. The molecule has 2 aromatic carbocycles. The standard InChI is InChI=1S/C19H18FN3S2/c1-12(17-11-25-19(22-17)23-18(21)24-2)14-8-9-15(16(20)10-14)13-6-4-3-5-7-13/h3-12H,1-2H3,(H2,21,22,23). The topological polar surface area (TPSA) is 51.3 Å². The summed E-state index contributed by atoms with van der Waals surface area (Å²) in [5.41, 5.74) is 8.95. The van der Waals surface area contributed by atoms with E-state index in [0.717, 1.165) is 16.8 Å². The summed E-state index contributed by atoms with van der Waals surface area (Å²) in [4.78, 5) is 8.74. The molecule has 1 atom stereocenters. The highest BCUT2D eigenvalue weighted by Gasteiger charge is 2.15. The van der Waals surface area contributed by atoms with Crippen molar-refractivity contribution in [1.29, 1.82) is 0 Å². The number of benzene rings is 2. The van der Waals surface area contributed by atoms with Crippen molar-refractivity contribution in [3.8, 4) is 11.1 Å². The van der Waals surface area contributed by atoms with E-state index in [0.29, 0.717) is 15.9 Å². The Morgan fingerprint density at radius 3 is 2.68 bits per heavy atom. The number of amidine groups is 1. The van der Waals surface area contributed by atoms with Gasteiger partial charge in [-0.2, -0.15) is 4.99 Å². The van der Waals surface area contributed by atoms with E-state index in [1.54, 1.807) is 6.07 Å². The fourth-order valence-electron chi connectivity index (χ4n) is 2.49. The van der Waals surface area contributed by atoms with Gasteiger partial charge < -0.3 is 5.73 Å². The van der Waals surface area contributed by atoms with Crippen LogP contribution in [0.1, 0.15) is 24.1 Å². The smallest absolute Gasteiger partial charge is 0.211 e. The molecule has 1 aromatic heterocycles. The lowest BCUT2D eigenvalue weighted by atomic mass is 9.95. The number of rotatable bonds is 4. The third kappa shape index (κ3) is 4.08. The van der Waals surface area contributed by atoms with Crippen LogP contribution in [0, 0.1) is 5.82 Å². The predicted octanol–water partition coefficient (Wildman–Crippen LogP) is 5.41. The normalized spacial score (nSPS) is 13.0. The number of thiazole rings is 1. The fourth-order valence-corrected chi connectivity index (χ4v) is 3.52. The highest BCUT2D eigenvalue weighted by atomic mass is 32.2. The van der Waals surface area contributed by atoms with Crippen LogP contribution in [-0.2, 0) is 0 Å². The molecule has 3 nitrogen and oxygen atoms in total. The fraction of sp³-hybridized carbons (Fsp3) is 0.158. The van der Waals surface area contributed by atoms with E-state index in [1.807, 2.05) is 61.0 Å². The van der Waals surface area contributed by atoms with Crippen LogP contribution in [0.15, 0.2) is 58.9 Å². The van der Waals surface area contributed by atoms with Gasteiger partial charge in [-0.1, -0.05) is 61.2 Å². The van der Waals surface area contributed by atoms with Crippen molar-refractivity contribution >= 4 is 33.4 Å². The van der Waals surface area contributed by atoms with Crippen molar-refractivity contribution in [3.63, 3.8) is 0 Å². The molecule has 1 unspecified atom stereocenters. The van der Waals surface area contributed by atoms with Crippen LogP contribution in [0.5, 0.6) is 0 Å². The van der Waals surface area contributed by atoms with Gasteiger partial charge in [-0.15, -0.1) is 11.3 Å². The number of nitrogens with two attached hydrogens (primary N) is 1. The second-order valence-corrected chi connectivity index (χ2v) is 7.20. The van der Waals surface area contributed by atoms with Crippen LogP contribution < -0.4 is 5.73 Å². The highest BCUT2D eigenvalue weighted by molar-refractivity contribution is 8.13. The van der Waals surface area contributed by atoms with Gasteiger partial charge in [0.2, 0.25) is 5.13 Å². The summed E-state index contributed by atoms with van der Waals surface area (Å²) in [6.07, 6.45) is 1.87. The predicted molar refractivity (Wildman–Crippen MR) is 106 cm³/mol. The van der Waals surface area contributed by atoms with Crippen LogP contribution in [0.2, 0.25) is 0 Å². The molecule has 0 aliphatic carbocycles. The van der Waals surface area contributed by atoms with Gasteiger partial charge in [0, 0.05) is 16.9 Å². The molecular weight excluding hydrogens is 353 g/mol. The molecule has 0 spiro atoms. The molecule has 25 heavy (non-hydrogen) atoms. The first-order valence-corrected chi connectivity index (χ1v) is 9.87. The van der Waals surface area contributed by atoms with Gasteiger partial charge in [0.15, 0.2) is 5.17 Å². The first kappa shape index (κ1) is 17.6. The monoisotopic (exact) mass is 371 g/mol. The number of aliphatic imine (C=N–C) groups is 1. The van der Waals surface area contributed by atoms with Crippen molar-refractivity contribution < 1.29 is 4.39 Å². The number of thioether (sulfide) groups is 1. The quantitative estimate of drug-likeness (QED) is 0.493. The van der Waals surface area contributed by atoms with Gasteiger partial charge in [-0.05, 0) is 23.4 Å². The van der Waals surface area contributed by atoms with Gasteiger partial charge in [0.25, 0.3) is 0 Å². The molecular formula is C19H18FN3S2. The Labute approximate surface area is 154 Å². The minimum absolute atomic E-state index is 0.0185. The molecule has 0 saturated heterocycles. The van der Waals surface area contributed by atoms with E-state index >= 15 is 0 Å². The SMILES string of the molecule is CSC(N)=Nc1nc(C(C)c2ccc(-c3ccccc3)c(F)c2)cs1. The summed E-state index contributed by atoms with van der Waals surface area (Å²) in [5, 5.41) is 3.04. The van der Waals surface area contributed by atoms with E-state index < -0.39 is 0 Å². The zero-order valence-corrected chi connectivity index (χ0v) is 15.6. The summed E-state index contributed by atoms with van der Waals surface area (Å²) < 4.78 is 14.6. The zero-order valence-electron chi connectivity index (χ0n) is 13.9. The Bertz CT molecular complexity index is 891. The molecule has 0 aliphatic heterocycles. The van der Waals surface area contributed by atoms with E-state index in [-0.39, 0.29) is 11.7 Å². The maximum absolute atomic E-state index is 14.6. The van der Waals surface area contributed by atoms with Crippen molar-refractivity contribution in [2.24, 2.45) is 10.7 Å². The molecule has 2 N–H and O–H groups in total. The Hall–Kier alpha value is -2.18. The third-order valence-corrected chi connectivity index (χ3v) is 5.21. The lowest BCUT2D eigenvalue weighted by Gasteiger charge is -2.11. The average Bonchev–Trinajstić information content (AvgIpc) is 3.10. The van der Waals surface area contributed by atoms with Crippen LogP contribution in [0.4, 0.5) is 9.52 Å². The van der Waals surface area contributed by atoms with Crippen LogP contribution in [0.25, 0.3) is 11.1 Å². The number of nitrogens with zero attached hydrogens (tertiary/aromatic N) is 2. The molecule has 1 heterocycles. The molecule has 0 fully saturated rings. The summed E-state index contributed by atoms with van der Waals surface area (Å²) in [5.74, 6) is -0.245. The maximum Gasteiger partial charge on any atom is 0.211 e. The largest absolute Gasteiger partial charge is 0.378 e. The zero-order chi connectivity index (χ0) is 17.8. The van der Waals surface area contributed by atoms with Gasteiger partial charge in [-0.3, -0.25) is 0 Å². The Balaban J connectivity index is 1.86. The Morgan fingerprint density at radius 2 is 2.00 bits per heavy atom. The van der Waals surface area contributed by atoms with Crippen LogP contribution >= 0.6 is 23.1 Å². The van der Waals surface area contributed by atoms with E-state index in [2.05, 4.69) is 9.98 Å². The Kier molecular flexibility index (Phi) is 5.50. The minimum Gasteiger partial charge on any atom is -0.378 e. The summed E-state index contributed by atoms with van der Waals surface area (Å²) in [6.45, 7) is 2.01. The van der Waals surface area contributed by atoms with Gasteiger partial charge in [-0.25, -0.2) is 9.37 Å². The Morgan fingerprint density at radius 1 is 1.24 bits per heavy atom. The highest BCUT2D eigenvalue weighted by Crippen LogP contribution is 2.31. The molecule has 3 rings (SSSR count). The molecule has 128 valence electrons. The molecule has 0 saturated carbocycles. The summed E-state index contributed by atoms with van der Waals surface area (Å²) in [7, 11) is 0. The van der Waals surface area contributed by atoms with Gasteiger partial charge in [0.05, 0.1) is 5.69 Å². The van der Waals surface area contributed by atoms with E-state index in [9.17, 15) is 4.39 Å². The van der Waals surface area contributed by atoms with Crippen molar-refractivity contribution in [2.75, 3.05) is 6.26 Å². The molecule has 0 aliphatic rings. The second kappa shape index (κ2) is 7.80. The van der Waals surface area contributed by atoms with Crippen molar-refractivity contribution in [1.82, 2.24) is 4.98 Å². The van der Waals surface area contributed by atoms with Crippen LogP contribution in [-0.4, -0.2) is 16.4 Å².